The van der Waals surface area contributed by atoms with Crippen molar-refractivity contribution in [3.63, 3.8) is 0 Å². The van der Waals surface area contributed by atoms with Crippen LogP contribution >= 0.6 is 31.0 Å². The van der Waals surface area contributed by atoms with Gasteiger partial charge in [-0.3, -0.25) is 4.79 Å². The number of fused-ring (bicyclic) bond motifs is 6. The lowest BCUT2D eigenvalue weighted by Crippen LogP contribution is -2.53. The number of hydrogen-bond donors (Lipinski definition) is 3. The zero-order valence-electron chi connectivity index (χ0n) is 21.5. The molecule has 41 heavy (non-hydrogen) atoms. The Morgan fingerprint density at radius 2 is 1.76 bits per heavy atom. The topological polar surface area (TPSA) is 189 Å². The molecule has 1 spiro atoms. The number of nitroso groups, excluding NO2 is 1. The number of esters is 1. The minimum absolute atomic E-state index is 0.00497. The predicted molar refractivity (Wildman–Crippen MR) is 143 cm³/mol. The van der Waals surface area contributed by atoms with Gasteiger partial charge in [-0.15, -0.1) is 0 Å². The summed E-state index contributed by atoms with van der Waals surface area (Å²) in [5, 5.41) is 2.72. The van der Waals surface area contributed by atoms with Gasteiger partial charge in [0.1, 0.15) is 17.1 Å². The number of carbonyl (C=O) groups is 2. The predicted octanol–water partition coefficient (Wildman–Crippen LogP) is 3.12. The Balaban J connectivity index is 1.69. The van der Waals surface area contributed by atoms with Crippen molar-refractivity contribution in [2.75, 3.05) is 27.2 Å². The summed E-state index contributed by atoms with van der Waals surface area (Å²) < 4.78 is 32.3. The van der Waals surface area contributed by atoms with Crippen LogP contribution in [0.1, 0.15) is 37.4 Å². The van der Waals surface area contributed by atoms with E-state index in [1.807, 2.05) is 19.0 Å². The molecule has 5 rings (SSSR count). The molecule has 5 N–H and O–H groups in total. The van der Waals surface area contributed by atoms with E-state index in [2.05, 4.69) is 15.5 Å². The lowest BCUT2D eigenvalue weighted by molar-refractivity contribution is -0.635. The number of nitrogens with zero attached hydrogens (tertiary/aromatic N) is 1. The highest BCUT2D eigenvalue weighted by Crippen LogP contribution is 2.59. The number of likely N-dealkylation sites (N-methyl/N-ethyl adjacent to an activating group) is 1. The van der Waals surface area contributed by atoms with Gasteiger partial charge in [0, 0.05) is 47.5 Å². The van der Waals surface area contributed by atoms with Crippen molar-refractivity contribution in [1.29, 1.82) is 5.59 Å². The third-order valence-corrected chi connectivity index (χ3v) is 7.73. The number of hydrogen-bond acceptors (Lipinski definition) is 10. The molecule has 3 aromatic carbocycles. The number of quaternary nitrogens is 1. The van der Waals surface area contributed by atoms with Gasteiger partial charge in [0.15, 0.2) is 11.4 Å². The zero-order chi connectivity index (χ0) is 29.7. The first-order valence-corrected chi connectivity index (χ1v) is 14.1. The van der Waals surface area contributed by atoms with Crippen molar-refractivity contribution in [3.8, 4) is 23.0 Å². The zero-order valence-corrected chi connectivity index (χ0v) is 23.9. The van der Waals surface area contributed by atoms with Crippen LogP contribution in [-0.2, 0) is 14.9 Å². The fraction of sp³-hybridized carbons (Fsp3) is 0.200. The van der Waals surface area contributed by atoms with E-state index in [9.17, 15) is 19.0 Å². The molecular weight excluding hydrogens is 602 g/mol. The van der Waals surface area contributed by atoms with Gasteiger partial charge in [0.05, 0.1) is 15.6 Å². The third-order valence-electron chi connectivity index (χ3n) is 6.50. The van der Waals surface area contributed by atoms with Crippen LogP contribution < -0.4 is 30.2 Å². The summed E-state index contributed by atoms with van der Waals surface area (Å²) in [5.74, 6) is 2.16. The molecule has 13 nitrogen and oxygen atoms in total. The number of nitrogens with one attached hydrogen (secondary N) is 2. The highest BCUT2D eigenvalue weighted by Gasteiger charge is 2.54. The van der Waals surface area contributed by atoms with Crippen LogP contribution in [0.2, 0.25) is 10.0 Å². The lowest BCUT2D eigenvalue weighted by atomic mass is 9.77. The molecule has 0 fully saturated rings. The van der Waals surface area contributed by atoms with E-state index in [1.54, 1.807) is 12.1 Å². The molecule has 0 bridgehead atoms. The first-order valence-electron chi connectivity index (χ1n) is 11.8. The molecule has 0 aliphatic carbocycles. The van der Waals surface area contributed by atoms with Crippen molar-refractivity contribution in [2.24, 2.45) is 0 Å². The summed E-state index contributed by atoms with van der Waals surface area (Å²) in [4.78, 5) is 45.0. The van der Waals surface area contributed by atoms with Crippen molar-refractivity contribution < 1.29 is 43.8 Å². The number of benzene rings is 3. The smallest absolute Gasteiger partial charge is 0.652 e. The van der Waals surface area contributed by atoms with E-state index in [0.29, 0.717) is 24.2 Å². The molecule has 2 unspecified atom stereocenters. The molecule has 0 saturated carbocycles. The molecule has 0 radical (unpaired) electrons. The molecule has 2 aliphatic heterocycles. The number of halogens is 2. The number of ether oxygens (including phenoxy) is 2. The van der Waals surface area contributed by atoms with E-state index in [-0.39, 0.29) is 49.9 Å². The molecule has 2 heterocycles. The fourth-order valence-corrected chi connectivity index (χ4v) is 5.58. The minimum atomic E-state index is -5.06. The Bertz CT molecular complexity index is 1670. The van der Waals surface area contributed by atoms with E-state index in [4.69, 9.17) is 47.6 Å². The second-order valence-electron chi connectivity index (χ2n) is 9.32. The molecule has 3 aromatic rings. The molecule has 214 valence electrons. The van der Waals surface area contributed by atoms with Crippen LogP contribution in [0.3, 0.4) is 0 Å². The van der Waals surface area contributed by atoms with E-state index in [0.717, 1.165) is 6.07 Å². The Labute approximate surface area is 242 Å². The maximum absolute atomic E-state index is 13.4. The first kappa shape index (κ1) is 28.8. The van der Waals surface area contributed by atoms with E-state index >= 15 is 0 Å². The SMILES string of the molecule is CN(C)CCNC(=O)c1ccc2c(c1)C(=O)OC21c2cc(Cl)c(O[NH3+])cc2Oc2cc(OP(=O)([O-])[O+]=N)c(Cl)cc21. The molecule has 1 amide bonds. The number of carbonyl (C=O) groups excluding carboxylic acids is 2. The second kappa shape index (κ2) is 10.6. The largest absolute Gasteiger partial charge is 0.681 e. The Hall–Kier alpha value is -3.71. The number of amides is 1. The summed E-state index contributed by atoms with van der Waals surface area (Å²) in [6, 6.07) is 9.94. The maximum Gasteiger partial charge on any atom is 0.652 e. The molecule has 0 saturated heterocycles. The quantitative estimate of drug-likeness (QED) is 0.146. The van der Waals surface area contributed by atoms with Crippen LogP contribution in [0.15, 0.2) is 42.5 Å². The van der Waals surface area contributed by atoms with Gasteiger partial charge in [0.2, 0.25) is 5.75 Å². The molecule has 16 heteroatoms. The van der Waals surface area contributed by atoms with Crippen molar-refractivity contribution in [1.82, 2.24) is 10.2 Å². The van der Waals surface area contributed by atoms with Crippen molar-refractivity contribution >= 4 is 42.9 Å². The van der Waals surface area contributed by atoms with Gasteiger partial charge >= 0.3 is 13.8 Å². The monoisotopic (exact) mass is 623 g/mol. The summed E-state index contributed by atoms with van der Waals surface area (Å²) in [5.41, 5.74) is 6.27. The molecule has 2 aliphatic rings. The Morgan fingerprint density at radius 3 is 2.37 bits per heavy atom. The summed E-state index contributed by atoms with van der Waals surface area (Å²) >= 11 is 12.8. The first-order chi connectivity index (χ1) is 19.4. The average molecular weight is 624 g/mol. The highest BCUT2D eigenvalue weighted by molar-refractivity contribution is 7.54. The van der Waals surface area contributed by atoms with Gasteiger partial charge in [-0.25, -0.2) is 4.79 Å². The Morgan fingerprint density at radius 1 is 1.12 bits per heavy atom. The van der Waals surface area contributed by atoms with Gasteiger partial charge in [-0.1, -0.05) is 29.3 Å². The van der Waals surface area contributed by atoms with Crippen molar-refractivity contribution in [3.05, 3.63) is 84.7 Å². The number of rotatable bonds is 8. The second-order valence-corrected chi connectivity index (χ2v) is 11.4. The van der Waals surface area contributed by atoms with E-state index < -0.39 is 25.1 Å². The van der Waals surface area contributed by atoms with Gasteiger partial charge in [-0.05, 0) is 42.7 Å². The van der Waals surface area contributed by atoms with Crippen LogP contribution in [0, 0.1) is 9.92 Å². The Kier molecular flexibility index (Phi) is 7.45. The van der Waals surface area contributed by atoms with Gasteiger partial charge in [-0.2, -0.15) is 10.5 Å². The molecule has 0 aromatic heterocycles. The molecule has 2 atom stereocenters. The lowest BCUT2D eigenvalue weighted by Gasteiger charge is -2.37. The standard InChI is InChI=1S/C25H21Cl2N4O9P/c1-31(2)6-5-30-23(32)12-3-4-14-13(7-12)24(33)37-25(14)15-8-17(26)21(38-28)10-19(15)36-20-11-22(18(27)9-16(20)25)39-41(34,35)40-29/h3-4,7-11,29H,5-6H2,1-2,28H3/p+1. The van der Waals surface area contributed by atoms with Crippen LogP contribution in [0.5, 0.6) is 23.0 Å². The van der Waals surface area contributed by atoms with Gasteiger partial charge < -0.3 is 33.9 Å². The summed E-state index contributed by atoms with van der Waals surface area (Å²) in [6.45, 7) is 1.02. The number of phosphoric acid groups is 1. The normalized spacial score (nSPS) is 18.0. The average Bonchev–Trinajstić information content (AvgIpc) is 3.21. The third kappa shape index (κ3) is 5.01. The van der Waals surface area contributed by atoms with Crippen LogP contribution in [-0.4, -0.2) is 44.0 Å². The summed E-state index contributed by atoms with van der Waals surface area (Å²) in [6.07, 6.45) is 0. The van der Waals surface area contributed by atoms with E-state index in [1.165, 1.54) is 24.3 Å². The van der Waals surface area contributed by atoms with Gasteiger partial charge in [0.25, 0.3) is 5.91 Å². The maximum atomic E-state index is 13.4. The van der Waals surface area contributed by atoms with Crippen molar-refractivity contribution in [2.45, 2.75) is 5.60 Å². The minimum Gasteiger partial charge on any atom is -0.681 e. The van der Waals surface area contributed by atoms with Crippen LogP contribution in [0.25, 0.3) is 0 Å². The summed E-state index contributed by atoms with van der Waals surface area (Å²) in [7, 11) is -1.31. The molecular formula is C25H22Cl2N4O9P+. The van der Waals surface area contributed by atoms with Crippen LogP contribution in [0.4, 0.5) is 0 Å². The highest BCUT2D eigenvalue weighted by atomic mass is 35.5. The fourth-order valence-electron chi connectivity index (χ4n) is 4.68. The number of phosphoric ester groups is 1.